The minimum atomic E-state index is -4.86. The average Bonchev–Trinajstić information content (AvgIpc) is 3.09. The monoisotopic (exact) mass is 496 g/mol. The van der Waals surface area contributed by atoms with Crippen LogP contribution in [0.25, 0.3) is 5.70 Å². The number of carbonyl (C=O) groups is 2. The predicted octanol–water partition coefficient (Wildman–Crippen LogP) is 4.83. The maximum absolute atomic E-state index is 13.2. The van der Waals surface area contributed by atoms with Gasteiger partial charge in [-0.25, -0.2) is 0 Å². The average molecular weight is 496 g/mol. The van der Waals surface area contributed by atoms with Crippen LogP contribution in [0.4, 0.5) is 19.0 Å². The number of alkyl halides is 3. The molecule has 186 valence electrons. The topological polar surface area (TPSA) is 98.4 Å². The Balaban J connectivity index is 1.85. The van der Waals surface area contributed by atoms with E-state index < -0.39 is 29.8 Å². The van der Waals surface area contributed by atoms with Gasteiger partial charge in [-0.1, -0.05) is 50.2 Å². The second kappa shape index (κ2) is 9.44. The molecule has 1 aliphatic rings. The van der Waals surface area contributed by atoms with E-state index in [-0.39, 0.29) is 23.0 Å². The normalized spacial score (nSPS) is 17.6. The van der Waals surface area contributed by atoms with Gasteiger partial charge in [0.1, 0.15) is 5.75 Å². The van der Waals surface area contributed by atoms with Crippen molar-refractivity contribution in [2.75, 3.05) is 4.90 Å². The molecule has 1 saturated heterocycles. The summed E-state index contributed by atoms with van der Waals surface area (Å²) in [6, 6.07) is 14.4. The fourth-order valence-electron chi connectivity index (χ4n) is 3.99. The summed E-state index contributed by atoms with van der Waals surface area (Å²) in [6.45, 7) is 5.80. The summed E-state index contributed by atoms with van der Waals surface area (Å²) >= 11 is 0. The Bertz CT molecular complexity index is 1320. The molecular formula is C26H23F3N4O3. The van der Waals surface area contributed by atoms with Crippen molar-refractivity contribution in [3.63, 3.8) is 0 Å². The predicted molar refractivity (Wildman–Crippen MR) is 127 cm³/mol. The Kier molecular flexibility index (Phi) is 6.53. The fourth-order valence-corrected chi connectivity index (χ4v) is 3.99. The molecule has 0 aliphatic carbocycles. The van der Waals surface area contributed by atoms with Crippen molar-refractivity contribution in [1.29, 1.82) is 0 Å². The summed E-state index contributed by atoms with van der Waals surface area (Å²) in [5.74, 6) is -1.75. The highest BCUT2D eigenvalue weighted by molar-refractivity contribution is 6.51. The van der Waals surface area contributed by atoms with Gasteiger partial charge in [0.25, 0.3) is 5.78 Å². The van der Waals surface area contributed by atoms with Crippen LogP contribution in [0.1, 0.15) is 48.2 Å². The zero-order valence-corrected chi connectivity index (χ0v) is 19.7. The van der Waals surface area contributed by atoms with Crippen LogP contribution in [-0.4, -0.2) is 28.3 Å². The number of aromatic nitrogens is 2. The Morgan fingerprint density at radius 1 is 0.972 bits per heavy atom. The molecule has 1 aromatic heterocycles. The highest BCUT2D eigenvalue weighted by Gasteiger charge is 2.47. The van der Waals surface area contributed by atoms with E-state index in [1.165, 1.54) is 18.2 Å². The van der Waals surface area contributed by atoms with Crippen LogP contribution in [0.5, 0.6) is 5.75 Å². The molecule has 1 aliphatic heterocycles. The molecule has 0 spiro atoms. The minimum Gasteiger partial charge on any atom is -0.406 e. The van der Waals surface area contributed by atoms with Gasteiger partial charge in [0.2, 0.25) is 0 Å². The molecule has 1 unspecified atom stereocenters. The Hall–Kier alpha value is -4.21. The van der Waals surface area contributed by atoms with Crippen molar-refractivity contribution in [2.45, 2.75) is 39.1 Å². The summed E-state index contributed by atoms with van der Waals surface area (Å²) < 4.78 is 41.9. The summed E-state index contributed by atoms with van der Waals surface area (Å²) in [7, 11) is 0. The highest BCUT2D eigenvalue weighted by Crippen LogP contribution is 2.41. The van der Waals surface area contributed by atoms with Crippen LogP contribution in [0.2, 0.25) is 0 Å². The lowest BCUT2D eigenvalue weighted by Gasteiger charge is -2.24. The molecule has 0 radical (unpaired) electrons. The van der Waals surface area contributed by atoms with Crippen LogP contribution < -0.4 is 15.4 Å². The number of benzene rings is 2. The number of nitrogens with two attached hydrogens (primary N) is 1. The first-order valence-corrected chi connectivity index (χ1v) is 11.1. The SMILES string of the molecule is Cc1ccc(N2C(=O)C(=O)C(=C(N)c3ccc(C(C)C)cc3)C2c2ccc(OC(F)(F)F)cc2)nn1. The van der Waals surface area contributed by atoms with Gasteiger partial charge in [-0.05, 0) is 53.8 Å². The Morgan fingerprint density at radius 3 is 2.14 bits per heavy atom. The zero-order valence-electron chi connectivity index (χ0n) is 19.7. The van der Waals surface area contributed by atoms with Gasteiger partial charge in [-0.15, -0.1) is 18.3 Å². The number of Topliss-reactive ketones (excluding diaryl/α,β-unsaturated/α-hetero) is 1. The van der Waals surface area contributed by atoms with Gasteiger partial charge < -0.3 is 10.5 Å². The van der Waals surface area contributed by atoms with E-state index in [4.69, 9.17) is 5.73 Å². The lowest BCUT2D eigenvalue weighted by atomic mass is 9.93. The van der Waals surface area contributed by atoms with Crippen LogP contribution in [-0.2, 0) is 9.59 Å². The highest BCUT2D eigenvalue weighted by atomic mass is 19.4. The standard InChI is InChI=1S/C26H23F3N4O3/c1-14(2)16-5-7-17(8-6-16)22(30)21-23(18-9-11-19(12-10-18)36-26(27,28)29)33(25(35)24(21)34)20-13-4-15(3)31-32-20/h4-14,23H,30H2,1-3H3. The number of halogens is 3. The number of rotatable bonds is 5. The third-order valence-electron chi connectivity index (χ3n) is 5.83. The number of aryl methyl sites for hydroxylation is 1. The summed E-state index contributed by atoms with van der Waals surface area (Å²) in [5.41, 5.74) is 9.10. The lowest BCUT2D eigenvalue weighted by Crippen LogP contribution is -2.30. The minimum absolute atomic E-state index is 0.00385. The molecule has 0 saturated carbocycles. The number of anilines is 1. The van der Waals surface area contributed by atoms with Crippen LogP contribution >= 0.6 is 0 Å². The molecule has 1 fully saturated rings. The molecule has 2 heterocycles. The van der Waals surface area contributed by atoms with Crippen LogP contribution in [0.15, 0.2) is 66.2 Å². The second-order valence-corrected chi connectivity index (χ2v) is 8.66. The van der Waals surface area contributed by atoms with E-state index >= 15 is 0 Å². The number of carbonyl (C=O) groups excluding carboxylic acids is 2. The van der Waals surface area contributed by atoms with Gasteiger partial charge in [0.05, 0.1) is 17.3 Å². The molecule has 7 nitrogen and oxygen atoms in total. The number of ketones is 1. The summed E-state index contributed by atoms with van der Waals surface area (Å²) in [6.07, 6.45) is -4.86. The molecule has 4 rings (SSSR count). The lowest BCUT2D eigenvalue weighted by molar-refractivity contribution is -0.274. The molecule has 10 heteroatoms. The first kappa shape index (κ1) is 24.9. The van der Waals surface area contributed by atoms with E-state index in [2.05, 4.69) is 14.9 Å². The third-order valence-corrected chi connectivity index (χ3v) is 5.83. The molecule has 1 amide bonds. The fraction of sp³-hybridized carbons (Fsp3) is 0.231. The molecule has 36 heavy (non-hydrogen) atoms. The van der Waals surface area contributed by atoms with Crippen LogP contribution in [0.3, 0.4) is 0 Å². The van der Waals surface area contributed by atoms with Crippen molar-refractivity contribution in [2.24, 2.45) is 5.73 Å². The van der Waals surface area contributed by atoms with E-state index in [0.717, 1.165) is 22.6 Å². The van der Waals surface area contributed by atoms with Gasteiger partial charge in [0.15, 0.2) is 5.82 Å². The third kappa shape index (κ3) is 4.93. The van der Waals surface area contributed by atoms with Gasteiger partial charge >= 0.3 is 12.3 Å². The number of ether oxygens (including phenoxy) is 1. The Morgan fingerprint density at radius 2 is 1.61 bits per heavy atom. The van der Waals surface area contributed by atoms with Gasteiger partial charge in [0, 0.05) is 5.70 Å². The number of amides is 1. The van der Waals surface area contributed by atoms with Crippen LogP contribution in [0, 0.1) is 6.92 Å². The van der Waals surface area contributed by atoms with Crippen molar-refractivity contribution in [3.05, 3.63) is 88.6 Å². The first-order valence-electron chi connectivity index (χ1n) is 11.1. The molecule has 0 bridgehead atoms. The quantitative estimate of drug-likeness (QED) is 0.401. The zero-order chi connectivity index (χ0) is 26.2. The summed E-state index contributed by atoms with van der Waals surface area (Å²) in [5, 5.41) is 8.02. The smallest absolute Gasteiger partial charge is 0.406 e. The molecule has 1 atom stereocenters. The molecule has 3 aromatic rings. The van der Waals surface area contributed by atoms with Crippen molar-refractivity contribution in [1.82, 2.24) is 10.2 Å². The van der Waals surface area contributed by atoms with E-state index in [0.29, 0.717) is 16.8 Å². The molecule has 2 aromatic carbocycles. The summed E-state index contributed by atoms with van der Waals surface area (Å²) in [4.78, 5) is 27.5. The largest absolute Gasteiger partial charge is 0.573 e. The molecular weight excluding hydrogens is 473 g/mol. The number of nitrogens with zero attached hydrogens (tertiary/aromatic N) is 3. The van der Waals surface area contributed by atoms with E-state index in [9.17, 15) is 22.8 Å². The second-order valence-electron chi connectivity index (χ2n) is 8.66. The van der Waals surface area contributed by atoms with Crippen molar-refractivity contribution < 1.29 is 27.5 Å². The number of hydrogen-bond donors (Lipinski definition) is 1. The van der Waals surface area contributed by atoms with Gasteiger partial charge in [-0.2, -0.15) is 5.10 Å². The maximum atomic E-state index is 13.2. The number of hydrogen-bond acceptors (Lipinski definition) is 6. The van der Waals surface area contributed by atoms with Gasteiger partial charge in [-0.3, -0.25) is 14.5 Å². The first-order chi connectivity index (χ1) is 17.0. The van der Waals surface area contributed by atoms with Crippen molar-refractivity contribution >= 4 is 23.2 Å². The molecule has 2 N–H and O–H groups in total. The maximum Gasteiger partial charge on any atom is 0.573 e. The van der Waals surface area contributed by atoms with E-state index in [1.54, 1.807) is 25.1 Å². The van der Waals surface area contributed by atoms with E-state index in [1.807, 2.05) is 26.0 Å². The van der Waals surface area contributed by atoms with Crippen molar-refractivity contribution in [3.8, 4) is 5.75 Å². The Labute approximate surface area is 205 Å².